The molecule has 0 aliphatic heterocycles. The molecule has 0 aliphatic rings. The van der Waals surface area contributed by atoms with Gasteiger partial charge in [-0.05, 0) is 29.8 Å². The molecule has 0 atom stereocenters. The normalized spacial score (nSPS) is 10.0. The standard InChI is InChI=1S/C17H18O4/c1-19-14-8-6-13(7-9-14)12-21-17-5-3-4-16(20-2)15(17)10-11-18/h3-9,11H,10,12H2,1-2H3. The summed E-state index contributed by atoms with van der Waals surface area (Å²) in [5.74, 6) is 2.13. The van der Waals surface area contributed by atoms with E-state index in [1.165, 1.54) is 0 Å². The maximum absolute atomic E-state index is 10.8. The third kappa shape index (κ3) is 3.75. The Labute approximate surface area is 124 Å². The van der Waals surface area contributed by atoms with Gasteiger partial charge in [0.15, 0.2) is 0 Å². The van der Waals surface area contributed by atoms with E-state index in [0.29, 0.717) is 18.1 Å². The van der Waals surface area contributed by atoms with Crippen LogP contribution in [0.5, 0.6) is 17.2 Å². The van der Waals surface area contributed by atoms with Crippen LogP contribution in [0.2, 0.25) is 0 Å². The molecule has 0 unspecified atom stereocenters. The van der Waals surface area contributed by atoms with Gasteiger partial charge < -0.3 is 19.0 Å². The predicted molar refractivity (Wildman–Crippen MR) is 80.1 cm³/mol. The van der Waals surface area contributed by atoms with Crippen molar-refractivity contribution in [2.75, 3.05) is 14.2 Å². The van der Waals surface area contributed by atoms with Crippen molar-refractivity contribution in [2.24, 2.45) is 0 Å². The van der Waals surface area contributed by atoms with E-state index in [1.807, 2.05) is 42.5 Å². The Balaban J connectivity index is 2.13. The van der Waals surface area contributed by atoms with Crippen molar-refractivity contribution in [3.8, 4) is 17.2 Å². The van der Waals surface area contributed by atoms with Crippen LogP contribution in [0.4, 0.5) is 0 Å². The van der Waals surface area contributed by atoms with Crippen LogP contribution in [-0.4, -0.2) is 20.5 Å². The molecule has 0 N–H and O–H groups in total. The van der Waals surface area contributed by atoms with Crippen LogP contribution in [0.15, 0.2) is 42.5 Å². The Hall–Kier alpha value is -2.49. The molecule has 0 saturated heterocycles. The zero-order chi connectivity index (χ0) is 15.1. The summed E-state index contributed by atoms with van der Waals surface area (Å²) < 4.78 is 16.2. The molecule has 4 heteroatoms. The SMILES string of the molecule is COc1ccc(COc2cccc(OC)c2CC=O)cc1. The Kier molecular flexibility index (Phi) is 5.21. The van der Waals surface area contributed by atoms with Gasteiger partial charge in [-0.1, -0.05) is 18.2 Å². The predicted octanol–water partition coefficient (Wildman–Crippen LogP) is 3.02. The number of aldehydes is 1. The fraction of sp³-hybridized carbons (Fsp3) is 0.235. The third-order valence-electron chi connectivity index (χ3n) is 3.15. The van der Waals surface area contributed by atoms with E-state index in [4.69, 9.17) is 14.2 Å². The summed E-state index contributed by atoms with van der Waals surface area (Å²) in [5, 5.41) is 0. The average Bonchev–Trinajstić information content (AvgIpc) is 2.54. The van der Waals surface area contributed by atoms with Crippen LogP contribution >= 0.6 is 0 Å². The Bertz CT molecular complexity index is 590. The van der Waals surface area contributed by atoms with Crippen molar-refractivity contribution in [3.05, 3.63) is 53.6 Å². The maximum Gasteiger partial charge on any atom is 0.127 e. The summed E-state index contributed by atoms with van der Waals surface area (Å²) in [6, 6.07) is 13.2. The van der Waals surface area contributed by atoms with Crippen molar-refractivity contribution < 1.29 is 19.0 Å². The molecule has 110 valence electrons. The monoisotopic (exact) mass is 286 g/mol. The number of benzene rings is 2. The molecule has 2 aromatic rings. The number of hydrogen-bond acceptors (Lipinski definition) is 4. The summed E-state index contributed by atoms with van der Waals surface area (Å²) in [7, 11) is 3.21. The lowest BCUT2D eigenvalue weighted by Crippen LogP contribution is -2.01. The Morgan fingerprint density at radius 3 is 2.29 bits per heavy atom. The first kappa shape index (κ1) is 14.9. The van der Waals surface area contributed by atoms with Gasteiger partial charge in [0.2, 0.25) is 0 Å². The highest BCUT2D eigenvalue weighted by Crippen LogP contribution is 2.29. The maximum atomic E-state index is 10.8. The smallest absolute Gasteiger partial charge is 0.127 e. The second-order valence-corrected chi connectivity index (χ2v) is 4.44. The number of carbonyl (C=O) groups excluding carboxylic acids is 1. The van der Waals surface area contributed by atoms with E-state index in [2.05, 4.69) is 0 Å². The molecule has 4 nitrogen and oxygen atoms in total. The van der Waals surface area contributed by atoms with Crippen molar-refractivity contribution in [3.63, 3.8) is 0 Å². The molecule has 0 radical (unpaired) electrons. The lowest BCUT2D eigenvalue weighted by atomic mass is 10.1. The van der Waals surface area contributed by atoms with Gasteiger partial charge in [0, 0.05) is 12.0 Å². The molecule has 0 bridgehead atoms. The highest BCUT2D eigenvalue weighted by Gasteiger charge is 2.10. The number of carbonyl (C=O) groups is 1. The van der Waals surface area contributed by atoms with Gasteiger partial charge in [0.1, 0.15) is 30.1 Å². The molecule has 0 fully saturated rings. The lowest BCUT2D eigenvalue weighted by Gasteiger charge is -2.13. The number of rotatable bonds is 7. The molecular weight excluding hydrogens is 268 g/mol. The van der Waals surface area contributed by atoms with Crippen LogP contribution in [-0.2, 0) is 17.8 Å². The van der Waals surface area contributed by atoms with E-state index < -0.39 is 0 Å². The van der Waals surface area contributed by atoms with Crippen molar-refractivity contribution >= 4 is 6.29 Å². The van der Waals surface area contributed by atoms with E-state index >= 15 is 0 Å². The van der Waals surface area contributed by atoms with Gasteiger partial charge in [0.25, 0.3) is 0 Å². The average molecular weight is 286 g/mol. The molecule has 0 aromatic heterocycles. The quantitative estimate of drug-likeness (QED) is 0.734. The number of methoxy groups -OCH3 is 2. The van der Waals surface area contributed by atoms with Crippen LogP contribution in [0.3, 0.4) is 0 Å². The second kappa shape index (κ2) is 7.33. The molecule has 0 heterocycles. The van der Waals surface area contributed by atoms with E-state index in [0.717, 1.165) is 23.2 Å². The van der Waals surface area contributed by atoms with Gasteiger partial charge in [0.05, 0.1) is 14.2 Å². The molecule has 0 aliphatic carbocycles. The minimum absolute atomic E-state index is 0.266. The van der Waals surface area contributed by atoms with E-state index in [-0.39, 0.29) is 6.42 Å². The van der Waals surface area contributed by atoms with E-state index in [1.54, 1.807) is 14.2 Å². The largest absolute Gasteiger partial charge is 0.497 e. The second-order valence-electron chi connectivity index (χ2n) is 4.44. The van der Waals surface area contributed by atoms with Crippen molar-refractivity contribution in [2.45, 2.75) is 13.0 Å². The van der Waals surface area contributed by atoms with Gasteiger partial charge in [-0.25, -0.2) is 0 Å². The van der Waals surface area contributed by atoms with Gasteiger partial charge in [-0.2, -0.15) is 0 Å². The summed E-state index contributed by atoms with van der Waals surface area (Å²) in [4.78, 5) is 10.8. The summed E-state index contributed by atoms with van der Waals surface area (Å²) in [6.07, 6.45) is 1.11. The van der Waals surface area contributed by atoms with E-state index in [9.17, 15) is 4.79 Å². The summed E-state index contributed by atoms with van der Waals surface area (Å²) in [5.41, 5.74) is 1.79. The third-order valence-corrected chi connectivity index (χ3v) is 3.15. The first-order chi connectivity index (χ1) is 10.3. The Morgan fingerprint density at radius 1 is 0.952 bits per heavy atom. The first-order valence-electron chi connectivity index (χ1n) is 6.63. The fourth-order valence-electron chi connectivity index (χ4n) is 2.04. The van der Waals surface area contributed by atoms with Crippen LogP contribution in [0.1, 0.15) is 11.1 Å². The molecular formula is C17H18O4. The minimum atomic E-state index is 0.266. The molecule has 2 aromatic carbocycles. The Morgan fingerprint density at radius 2 is 1.67 bits per heavy atom. The summed E-state index contributed by atoms with van der Waals surface area (Å²) >= 11 is 0. The van der Waals surface area contributed by atoms with Crippen LogP contribution in [0, 0.1) is 0 Å². The van der Waals surface area contributed by atoms with Gasteiger partial charge in [-0.15, -0.1) is 0 Å². The minimum Gasteiger partial charge on any atom is -0.497 e. The zero-order valence-corrected chi connectivity index (χ0v) is 12.2. The first-order valence-corrected chi connectivity index (χ1v) is 6.63. The number of ether oxygens (including phenoxy) is 3. The zero-order valence-electron chi connectivity index (χ0n) is 12.2. The lowest BCUT2D eigenvalue weighted by molar-refractivity contribution is -0.107. The number of hydrogen-bond donors (Lipinski definition) is 0. The highest BCUT2D eigenvalue weighted by atomic mass is 16.5. The highest BCUT2D eigenvalue weighted by molar-refractivity contribution is 5.61. The molecule has 0 saturated carbocycles. The van der Waals surface area contributed by atoms with Gasteiger partial charge >= 0.3 is 0 Å². The van der Waals surface area contributed by atoms with Crippen LogP contribution in [0.25, 0.3) is 0 Å². The molecule has 0 spiro atoms. The van der Waals surface area contributed by atoms with Crippen molar-refractivity contribution in [1.29, 1.82) is 0 Å². The van der Waals surface area contributed by atoms with Crippen LogP contribution < -0.4 is 14.2 Å². The molecule has 21 heavy (non-hydrogen) atoms. The summed E-state index contributed by atoms with van der Waals surface area (Å²) in [6.45, 7) is 0.420. The van der Waals surface area contributed by atoms with Gasteiger partial charge in [-0.3, -0.25) is 0 Å². The topological polar surface area (TPSA) is 44.8 Å². The molecule has 0 amide bonds. The fourth-order valence-corrected chi connectivity index (χ4v) is 2.04. The van der Waals surface area contributed by atoms with Crippen molar-refractivity contribution in [1.82, 2.24) is 0 Å². The molecule has 2 rings (SSSR count).